The second-order valence-electron chi connectivity index (χ2n) is 22.1. The van der Waals surface area contributed by atoms with E-state index in [4.69, 9.17) is 17.7 Å². The van der Waals surface area contributed by atoms with Crippen LogP contribution in [-0.2, 0) is 0 Å². The van der Waals surface area contributed by atoms with Gasteiger partial charge in [-0.15, -0.1) is 0 Å². The Morgan fingerprint density at radius 3 is 1.69 bits per heavy atom. The van der Waals surface area contributed by atoms with E-state index in [1.165, 1.54) is 0 Å². The number of anilines is 5. The highest BCUT2D eigenvalue weighted by molar-refractivity contribution is 6.25. The highest BCUT2D eigenvalue weighted by atomic mass is 16.3. The zero-order valence-electron chi connectivity index (χ0n) is 45.7. The Hall–Kier alpha value is -10.8. The second-order valence-corrected chi connectivity index (χ2v) is 22.1. The van der Waals surface area contributed by atoms with Gasteiger partial charge in [-0.2, -0.15) is 0 Å². The van der Waals surface area contributed by atoms with E-state index in [1.54, 1.807) is 0 Å². The highest BCUT2D eigenvalue weighted by Gasteiger charge is 2.27. The van der Waals surface area contributed by atoms with Crippen molar-refractivity contribution < 1.29 is 17.7 Å². The number of aryl methyl sites for hydroxylation is 3. The van der Waals surface area contributed by atoms with Gasteiger partial charge in [0.05, 0.1) is 11.1 Å². The first-order valence-electron chi connectivity index (χ1n) is 28.3. The molecule has 0 atom stereocenters. The van der Waals surface area contributed by atoms with Crippen LogP contribution in [0.4, 0.5) is 28.4 Å². The van der Waals surface area contributed by atoms with Crippen molar-refractivity contribution in [2.75, 3.05) is 10.2 Å². The summed E-state index contributed by atoms with van der Waals surface area (Å²) < 4.78 is 27.4. The number of rotatable bonds is 8. The van der Waals surface area contributed by atoms with Gasteiger partial charge in [0, 0.05) is 77.1 Å². The van der Waals surface area contributed by atoms with Gasteiger partial charge in [0.1, 0.15) is 39.1 Å². The van der Waals surface area contributed by atoms with Crippen molar-refractivity contribution in [3.63, 3.8) is 0 Å². The number of nitrogens with zero attached hydrogens (tertiary/aromatic N) is 1. The zero-order chi connectivity index (χ0) is 55.0. The average molecular weight is 1070 g/mol. The molecule has 0 amide bonds. The molecule has 17 rings (SSSR count). The SMILES string of the molecule is Cc1ccccc1Nc1cc2cc3oc4ccc5c6cc7ccc(N(c8ccccc8C)c8c(-c9ccccc9)ccc9c8oc8ccccc89)cc7cc6oc5c4c3cc2cc1-c1ccccc1-c1ccc2c(oc3ccccc32)c1C. The van der Waals surface area contributed by atoms with E-state index in [-0.39, 0.29) is 0 Å². The third-order valence-electron chi connectivity index (χ3n) is 17.3. The lowest BCUT2D eigenvalue weighted by Crippen LogP contribution is -2.13. The molecule has 0 saturated heterocycles. The molecule has 17 aromatic rings. The number of nitrogens with one attached hydrogen (secondary N) is 1. The molecule has 0 aliphatic rings. The van der Waals surface area contributed by atoms with E-state index in [1.807, 2.05) is 18.2 Å². The van der Waals surface area contributed by atoms with Crippen LogP contribution in [0.2, 0.25) is 0 Å². The molecular formula is C77H50N2O4. The molecule has 0 spiro atoms. The summed E-state index contributed by atoms with van der Waals surface area (Å²) in [5.74, 6) is 0. The topological polar surface area (TPSA) is 67.8 Å². The van der Waals surface area contributed by atoms with Crippen molar-refractivity contribution in [2.45, 2.75) is 20.8 Å². The van der Waals surface area contributed by atoms with Crippen LogP contribution in [0, 0.1) is 20.8 Å². The van der Waals surface area contributed by atoms with Gasteiger partial charge in [0.2, 0.25) is 0 Å². The second kappa shape index (κ2) is 18.1. The summed E-state index contributed by atoms with van der Waals surface area (Å²) in [4.78, 5) is 2.38. The minimum absolute atomic E-state index is 0.775. The summed E-state index contributed by atoms with van der Waals surface area (Å²) >= 11 is 0. The van der Waals surface area contributed by atoms with Crippen molar-refractivity contribution in [1.29, 1.82) is 0 Å². The maximum atomic E-state index is 7.12. The Morgan fingerprint density at radius 2 is 0.904 bits per heavy atom. The van der Waals surface area contributed by atoms with E-state index in [2.05, 4.69) is 255 Å². The van der Waals surface area contributed by atoms with E-state index in [0.29, 0.717) is 0 Å². The molecule has 6 nitrogen and oxygen atoms in total. The number of para-hydroxylation sites is 4. The summed E-state index contributed by atoms with van der Waals surface area (Å²) in [5, 5.41) is 16.6. The third kappa shape index (κ3) is 7.29. The minimum Gasteiger partial charge on any atom is -0.456 e. The van der Waals surface area contributed by atoms with E-state index < -0.39 is 0 Å². The smallest absolute Gasteiger partial charge is 0.160 e. The lowest BCUT2D eigenvalue weighted by Gasteiger charge is -2.29. The molecule has 1 N–H and O–H groups in total. The molecule has 0 radical (unpaired) electrons. The number of hydrogen-bond acceptors (Lipinski definition) is 6. The number of furan rings is 4. The Kier molecular flexibility index (Phi) is 10.3. The summed E-state index contributed by atoms with van der Waals surface area (Å²) in [6.07, 6.45) is 0. The summed E-state index contributed by atoms with van der Waals surface area (Å²) in [7, 11) is 0. The van der Waals surface area contributed by atoms with Crippen molar-refractivity contribution in [3.05, 3.63) is 259 Å². The van der Waals surface area contributed by atoms with Crippen LogP contribution in [-0.4, -0.2) is 0 Å². The molecule has 13 aromatic carbocycles. The van der Waals surface area contributed by atoms with Crippen LogP contribution in [0.1, 0.15) is 16.7 Å². The minimum atomic E-state index is 0.775. The fourth-order valence-corrected chi connectivity index (χ4v) is 13.2. The fraction of sp³-hybridized carbons (Fsp3) is 0.0390. The van der Waals surface area contributed by atoms with Gasteiger partial charge in [-0.05, 0) is 173 Å². The molecule has 0 aliphatic carbocycles. The zero-order valence-corrected chi connectivity index (χ0v) is 45.7. The molecule has 0 bridgehead atoms. The van der Waals surface area contributed by atoms with Gasteiger partial charge in [-0.1, -0.05) is 146 Å². The van der Waals surface area contributed by atoms with E-state index in [0.717, 1.165) is 188 Å². The monoisotopic (exact) mass is 1070 g/mol. The summed E-state index contributed by atoms with van der Waals surface area (Å²) in [6, 6.07) is 86.5. The molecule has 0 saturated carbocycles. The van der Waals surface area contributed by atoms with Crippen molar-refractivity contribution >= 4 is 138 Å². The molecule has 83 heavy (non-hydrogen) atoms. The Labute approximate surface area is 476 Å². The van der Waals surface area contributed by atoms with Gasteiger partial charge >= 0.3 is 0 Å². The first-order chi connectivity index (χ1) is 40.9. The molecule has 6 heteroatoms. The van der Waals surface area contributed by atoms with Gasteiger partial charge in [0.15, 0.2) is 5.58 Å². The summed E-state index contributed by atoms with van der Waals surface area (Å²) in [5.41, 5.74) is 21.8. The van der Waals surface area contributed by atoms with Crippen molar-refractivity contribution in [1.82, 2.24) is 0 Å². The Morgan fingerprint density at radius 1 is 0.313 bits per heavy atom. The average Bonchev–Trinajstić information content (AvgIpc) is 4.38. The molecule has 0 fully saturated rings. The van der Waals surface area contributed by atoms with Gasteiger partial charge in [0.25, 0.3) is 0 Å². The number of fused-ring (bicyclic) bond motifs is 15. The van der Waals surface area contributed by atoms with Crippen LogP contribution in [0.3, 0.4) is 0 Å². The Bertz CT molecular complexity index is 5540. The maximum absolute atomic E-state index is 7.12. The standard InChI is InChI=1S/C77H50N2O4/c1-44-17-7-13-25-65(44)78-66-41-51-43-72-64(40-50(51)39-62(66)56-22-10-9-21-55(56)53-31-33-59-57-23-11-15-27-68(57)81-75(59)46(53)3)73-70(80-72)36-35-61-63-38-48-29-30-52(37-49(48)42-71(63)83-76(61)73)79(67-26-14-8-18-45(67)2)74-54(47-19-5-4-6-20-47)32-34-60-58-24-12-16-28-69(58)82-77(60)74/h4-43,78H,1-3H3. The van der Waals surface area contributed by atoms with Gasteiger partial charge < -0.3 is 27.9 Å². The van der Waals surface area contributed by atoms with Crippen molar-refractivity contribution in [3.8, 4) is 33.4 Å². The van der Waals surface area contributed by atoms with E-state index in [9.17, 15) is 0 Å². The predicted octanol–water partition coefficient (Wildman–Crippen LogP) is 22.7. The molecule has 4 heterocycles. The molecule has 0 aliphatic heterocycles. The maximum Gasteiger partial charge on any atom is 0.160 e. The molecule has 4 aromatic heterocycles. The van der Waals surface area contributed by atoms with Gasteiger partial charge in [-0.3, -0.25) is 0 Å². The fourth-order valence-electron chi connectivity index (χ4n) is 13.2. The molecule has 0 unspecified atom stereocenters. The quantitative estimate of drug-likeness (QED) is 0.164. The first-order valence-corrected chi connectivity index (χ1v) is 28.3. The van der Waals surface area contributed by atoms with Crippen LogP contribution in [0.15, 0.2) is 260 Å². The van der Waals surface area contributed by atoms with Crippen LogP contribution in [0.5, 0.6) is 0 Å². The highest BCUT2D eigenvalue weighted by Crippen LogP contribution is 2.50. The summed E-state index contributed by atoms with van der Waals surface area (Å²) in [6.45, 7) is 6.50. The van der Waals surface area contributed by atoms with Gasteiger partial charge in [-0.25, -0.2) is 0 Å². The first kappa shape index (κ1) is 47.0. The van der Waals surface area contributed by atoms with E-state index >= 15 is 0 Å². The normalized spacial score (nSPS) is 12.0. The van der Waals surface area contributed by atoms with Crippen LogP contribution >= 0.6 is 0 Å². The van der Waals surface area contributed by atoms with Crippen molar-refractivity contribution in [2.24, 2.45) is 0 Å². The molecular weight excluding hydrogens is 1020 g/mol. The third-order valence-corrected chi connectivity index (χ3v) is 17.3. The molecule has 392 valence electrons. The predicted molar refractivity (Wildman–Crippen MR) is 345 cm³/mol. The lowest BCUT2D eigenvalue weighted by molar-refractivity contribution is 0.663. The largest absolute Gasteiger partial charge is 0.456 e. The lowest BCUT2D eigenvalue weighted by atomic mass is 9.89. The van der Waals surface area contributed by atoms with Crippen LogP contribution in [0.25, 0.3) is 143 Å². The Balaban J connectivity index is 0.838. The number of benzene rings is 13. The number of hydrogen-bond donors (Lipinski definition) is 1. The van der Waals surface area contributed by atoms with Crippen LogP contribution < -0.4 is 10.2 Å².